The number of likely N-dealkylation sites (N-methyl/N-ethyl adjacent to an activating group) is 1. The van der Waals surface area contributed by atoms with Crippen molar-refractivity contribution in [3.05, 3.63) is 52.7 Å². The first-order valence-corrected chi connectivity index (χ1v) is 8.48. The Balaban J connectivity index is 1.98. The van der Waals surface area contributed by atoms with E-state index < -0.39 is 5.82 Å². The first kappa shape index (κ1) is 18.2. The number of fused-ring (bicyclic) bond motifs is 1. The van der Waals surface area contributed by atoms with Gasteiger partial charge in [0.15, 0.2) is 11.5 Å². The molecule has 0 spiro atoms. The van der Waals surface area contributed by atoms with Gasteiger partial charge in [0.25, 0.3) is 0 Å². The maximum atomic E-state index is 13.3. The number of pyridine rings is 1. The summed E-state index contributed by atoms with van der Waals surface area (Å²) in [5, 5.41) is 12.7. The van der Waals surface area contributed by atoms with Crippen molar-refractivity contribution in [3.63, 3.8) is 0 Å². The van der Waals surface area contributed by atoms with Crippen molar-refractivity contribution in [1.82, 2.24) is 25.7 Å². The minimum Gasteiger partial charge on any atom is -0.340 e. The van der Waals surface area contributed by atoms with E-state index in [-0.39, 0.29) is 10.9 Å². The summed E-state index contributed by atoms with van der Waals surface area (Å²) in [6, 6.07) is 5.75. The molecule has 0 radical (unpaired) electrons. The van der Waals surface area contributed by atoms with Crippen molar-refractivity contribution >= 4 is 34.3 Å². The number of aromatic nitrogens is 3. The number of benzene rings is 1. The topological polar surface area (TPSA) is 98.2 Å². The van der Waals surface area contributed by atoms with Crippen LogP contribution in [0.25, 0.3) is 11.2 Å². The summed E-state index contributed by atoms with van der Waals surface area (Å²) in [6.45, 7) is 3.71. The molecule has 26 heavy (non-hydrogen) atoms. The Labute approximate surface area is 154 Å². The fourth-order valence-corrected chi connectivity index (χ4v) is 2.66. The summed E-state index contributed by atoms with van der Waals surface area (Å²) in [4.78, 5) is 16.2. The number of hydrogen-bond donors (Lipinski definition) is 4. The number of H-pyrrole nitrogens is 1. The number of hydroxylamine groups is 1. The molecule has 1 aromatic carbocycles. The van der Waals surface area contributed by atoms with E-state index in [1.54, 1.807) is 12.3 Å². The summed E-state index contributed by atoms with van der Waals surface area (Å²) < 4.78 is 13.3. The van der Waals surface area contributed by atoms with Gasteiger partial charge in [0.1, 0.15) is 11.6 Å². The van der Waals surface area contributed by atoms with Crippen molar-refractivity contribution in [3.8, 4) is 0 Å². The molecule has 0 saturated carbocycles. The molecule has 4 N–H and O–H groups in total. The molecule has 0 bridgehead atoms. The third kappa shape index (κ3) is 3.98. The number of halogens is 2. The SMILES string of the molecule is CCNCCc1nc2nccc(C(=Nc3ccc(F)c(Cl)c3)NO)c2[nH]1. The van der Waals surface area contributed by atoms with E-state index in [0.717, 1.165) is 25.3 Å². The molecule has 0 aliphatic carbocycles. The predicted molar refractivity (Wildman–Crippen MR) is 98.7 cm³/mol. The van der Waals surface area contributed by atoms with Crippen LogP contribution in [0.2, 0.25) is 5.02 Å². The van der Waals surface area contributed by atoms with E-state index in [9.17, 15) is 9.60 Å². The van der Waals surface area contributed by atoms with Gasteiger partial charge in [-0.15, -0.1) is 0 Å². The van der Waals surface area contributed by atoms with Gasteiger partial charge in [-0.3, -0.25) is 10.7 Å². The van der Waals surface area contributed by atoms with E-state index in [0.29, 0.717) is 22.4 Å². The lowest BCUT2D eigenvalue weighted by Crippen LogP contribution is -2.20. The maximum absolute atomic E-state index is 13.3. The number of aliphatic imine (C=N–C) groups is 1. The highest BCUT2D eigenvalue weighted by Gasteiger charge is 2.13. The molecule has 0 aliphatic heterocycles. The van der Waals surface area contributed by atoms with Crippen molar-refractivity contribution in [1.29, 1.82) is 0 Å². The van der Waals surface area contributed by atoms with Gasteiger partial charge >= 0.3 is 0 Å². The summed E-state index contributed by atoms with van der Waals surface area (Å²) in [6.07, 6.45) is 2.30. The highest BCUT2D eigenvalue weighted by molar-refractivity contribution is 6.31. The van der Waals surface area contributed by atoms with Crippen LogP contribution in [0.3, 0.4) is 0 Å². The third-order valence-electron chi connectivity index (χ3n) is 3.73. The van der Waals surface area contributed by atoms with E-state index in [1.165, 1.54) is 18.2 Å². The molecular formula is C17H18ClFN6O. The number of nitrogens with one attached hydrogen (secondary N) is 3. The Morgan fingerprint density at radius 2 is 2.23 bits per heavy atom. The van der Waals surface area contributed by atoms with E-state index in [4.69, 9.17) is 11.6 Å². The van der Waals surface area contributed by atoms with Crippen LogP contribution < -0.4 is 10.8 Å². The smallest absolute Gasteiger partial charge is 0.178 e. The number of rotatable bonds is 6. The van der Waals surface area contributed by atoms with Crippen LogP contribution in [0.5, 0.6) is 0 Å². The van der Waals surface area contributed by atoms with Gasteiger partial charge in [-0.25, -0.2) is 19.4 Å². The molecule has 0 atom stereocenters. The van der Waals surface area contributed by atoms with Gasteiger partial charge in [0.05, 0.1) is 16.2 Å². The van der Waals surface area contributed by atoms with Crippen LogP contribution >= 0.6 is 11.6 Å². The fraction of sp³-hybridized carbons (Fsp3) is 0.235. The summed E-state index contributed by atoms with van der Waals surface area (Å²) >= 11 is 5.79. The number of amidine groups is 1. The number of aromatic amines is 1. The Morgan fingerprint density at radius 3 is 2.96 bits per heavy atom. The fourth-order valence-electron chi connectivity index (χ4n) is 2.49. The second-order valence-corrected chi connectivity index (χ2v) is 5.92. The Bertz CT molecular complexity index is 942. The largest absolute Gasteiger partial charge is 0.340 e. The predicted octanol–water partition coefficient (Wildman–Crippen LogP) is 2.96. The molecule has 0 amide bonds. The third-order valence-corrected chi connectivity index (χ3v) is 4.02. The summed E-state index contributed by atoms with van der Waals surface area (Å²) in [5.74, 6) is 0.416. The van der Waals surface area contributed by atoms with Gasteiger partial charge in [-0.2, -0.15) is 0 Å². The van der Waals surface area contributed by atoms with E-state index in [1.807, 2.05) is 6.92 Å². The average Bonchev–Trinajstić information content (AvgIpc) is 3.06. The van der Waals surface area contributed by atoms with Crippen LogP contribution in [0.4, 0.5) is 10.1 Å². The van der Waals surface area contributed by atoms with Gasteiger partial charge in [-0.1, -0.05) is 18.5 Å². The summed E-state index contributed by atoms with van der Waals surface area (Å²) in [5.41, 5.74) is 4.22. The molecule has 0 saturated heterocycles. The van der Waals surface area contributed by atoms with Gasteiger partial charge in [0, 0.05) is 24.7 Å². The van der Waals surface area contributed by atoms with E-state index >= 15 is 0 Å². The van der Waals surface area contributed by atoms with E-state index in [2.05, 4.69) is 30.7 Å². The minimum atomic E-state index is -0.533. The second kappa shape index (κ2) is 8.22. The number of nitrogens with zero attached hydrogens (tertiary/aromatic N) is 3. The molecule has 9 heteroatoms. The van der Waals surface area contributed by atoms with Crippen molar-refractivity contribution in [2.75, 3.05) is 13.1 Å². The maximum Gasteiger partial charge on any atom is 0.178 e. The van der Waals surface area contributed by atoms with Crippen molar-refractivity contribution in [2.45, 2.75) is 13.3 Å². The van der Waals surface area contributed by atoms with Gasteiger partial charge < -0.3 is 10.3 Å². The lowest BCUT2D eigenvalue weighted by atomic mass is 10.2. The van der Waals surface area contributed by atoms with Crippen molar-refractivity contribution < 1.29 is 9.60 Å². The highest BCUT2D eigenvalue weighted by atomic mass is 35.5. The first-order chi connectivity index (χ1) is 12.6. The van der Waals surface area contributed by atoms with Crippen LogP contribution in [0.15, 0.2) is 35.5 Å². The number of imidazole rings is 1. The molecule has 0 unspecified atom stereocenters. The molecule has 0 fully saturated rings. The molecule has 136 valence electrons. The van der Waals surface area contributed by atoms with Gasteiger partial charge in [0.2, 0.25) is 0 Å². The summed E-state index contributed by atoms with van der Waals surface area (Å²) in [7, 11) is 0. The molecule has 2 aromatic heterocycles. The Hall–Kier alpha value is -2.55. The van der Waals surface area contributed by atoms with Crippen LogP contribution in [-0.4, -0.2) is 39.1 Å². The lowest BCUT2D eigenvalue weighted by molar-refractivity contribution is 0.235. The minimum absolute atomic E-state index is 0.0457. The van der Waals surface area contributed by atoms with Gasteiger partial charge in [-0.05, 0) is 30.8 Å². The Morgan fingerprint density at radius 1 is 1.38 bits per heavy atom. The zero-order chi connectivity index (χ0) is 18.5. The molecule has 3 aromatic rings. The standard InChI is InChI=1S/C17H18ClFN6O/c1-2-20-7-6-14-23-15-11(5-8-21-17(15)24-14)16(25-26)22-10-3-4-13(19)12(18)9-10/h3-5,8-9,20,26H,2,6-7H2,1H3,(H,22,25)(H,21,23,24). The second-order valence-electron chi connectivity index (χ2n) is 5.51. The number of hydrogen-bond acceptors (Lipinski definition) is 5. The van der Waals surface area contributed by atoms with Crippen molar-refractivity contribution in [2.24, 2.45) is 4.99 Å². The van der Waals surface area contributed by atoms with Crippen LogP contribution in [0.1, 0.15) is 18.3 Å². The van der Waals surface area contributed by atoms with Crippen LogP contribution in [-0.2, 0) is 6.42 Å². The monoisotopic (exact) mass is 376 g/mol. The molecule has 3 rings (SSSR count). The lowest BCUT2D eigenvalue weighted by Gasteiger charge is -2.06. The zero-order valence-corrected chi connectivity index (χ0v) is 14.8. The molecular weight excluding hydrogens is 359 g/mol. The molecule has 7 nitrogen and oxygen atoms in total. The van der Waals surface area contributed by atoms with Crippen LogP contribution in [0, 0.1) is 5.82 Å². The zero-order valence-electron chi connectivity index (χ0n) is 14.1. The normalized spacial score (nSPS) is 11.9. The highest BCUT2D eigenvalue weighted by Crippen LogP contribution is 2.23. The quantitative estimate of drug-likeness (QED) is 0.229. The molecule has 2 heterocycles. The Kier molecular flexibility index (Phi) is 5.77. The first-order valence-electron chi connectivity index (χ1n) is 8.11. The average molecular weight is 377 g/mol. The molecule has 0 aliphatic rings.